The number of pyridine rings is 1. The van der Waals surface area contributed by atoms with Gasteiger partial charge in [-0.2, -0.15) is 10.4 Å². The summed E-state index contributed by atoms with van der Waals surface area (Å²) in [7, 11) is 0. The third-order valence-corrected chi connectivity index (χ3v) is 3.92. The Hall–Kier alpha value is -2.35. The molecule has 0 aliphatic rings. The van der Waals surface area contributed by atoms with E-state index in [2.05, 4.69) is 40.0 Å². The molecule has 0 amide bonds. The van der Waals surface area contributed by atoms with Crippen LogP contribution in [0, 0.1) is 39.0 Å². The highest BCUT2D eigenvalue weighted by molar-refractivity contribution is 5.49. The van der Waals surface area contributed by atoms with E-state index in [0.29, 0.717) is 12.1 Å². The van der Waals surface area contributed by atoms with Crippen molar-refractivity contribution in [3.8, 4) is 6.07 Å². The van der Waals surface area contributed by atoms with E-state index in [-0.39, 0.29) is 0 Å². The monoisotopic (exact) mass is 297 g/mol. The van der Waals surface area contributed by atoms with Gasteiger partial charge >= 0.3 is 0 Å². The highest BCUT2D eigenvalue weighted by Crippen LogP contribution is 2.18. The molecule has 0 aliphatic carbocycles. The molecule has 5 heteroatoms. The Labute approximate surface area is 132 Å². The van der Waals surface area contributed by atoms with Crippen molar-refractivity contribution < 1.29 is 0 Å². The normalized spacial score (nSPS) is 10.5. The van der Waals surface area contributed by atoms with Gasteiger partial charge in [-0.05, 0) is 45.7 Å². The third-order valence-electron chi connectivity index (χ3n) is 3.92. The number of nitriles is 1. The fourth-order valence-corrected chi connectivity index (χ4v) is 2.69. The maximum absolute atomic E-state index is 9.10. The van der Waals surface area contributed by atoms with Gasteiger partial charge in [0.1, 0.15) is 11.9 Å². The summed E-state index contributed by atoms with van der Waals surface area (Å²) in [6, 6.07) is 4.12. The number of aryl methyl sites for hydroxylation is 4. The van der Waals surface area contributed by atoms with Crippen LogP contribution >= 0.6 is 0 Å². The number of nitrogens with one attached hydrogen (secondary N) is 1. The Morgan fingerprint density at radius 2 is 1.95 bits per heavy atom. The van der Waals surface area contributed by atoms with Crippen LogP contribution in [0.5, 0.6) is 0 Å². The molecule has 0 saturated heterocycles. The first kappa shape index (κ1) is 16.0. The van der Waals surface area contributed by atoms with Gasteiger partial charge in [-0.25, -0.2) is 4.98 Å². The first-order valence-corrected chi connectivity index (χ1v) is 7.63. The summed E-state index contributed by atoms with van der Waals surface area (Å²) < 4.78 is 2.06. The van der Waals surface area contributed by atoms with Crippen LogP contribution in [0.25, 0.3) is 0 Å². The SMILES string of the molecule is CCCn1nc(C)c(CNc2cc(C)c(C#N)c(C)n2)c1C. The lowest BCUT2D eigenvalue weighted by Gasteiger charge is -2.10. The van der Waals surface area contributed by atoms with E-state index in [1.807, 2.05) is 26.8 Å². The van der Waals surface area contributed by atoms with Crippen LogP contribution in [-0.4, -0.2) is 14.8 Å². The topological polar surface area (TPSA) is 66.5 Å². The van der Waals surface area contributed by atoms with Gasteiger partial charge in [0.15, 0.2) is 0 Å². The molecule has 2 rings (SSSR count). The van der Waals surface area contributed by atoms with Crippen molar-refractivity contribution in [2.45, 2.75) is 54.1 Å². The average molecular weight is 297 g/mol. The van der Waals surface area contributed by atoms with Crippen molar-refractivity contribution in [2.75, 3.05) is 5.32 Å². The van der Waals surface area contributed by atoms with E-state index in [4.69, 9.17) is 5.26 Å². The highest BCUT2D eigenvalue weighted by atomic mass is 15.3. The second-order valence-electron chi connectivity index (χ2n) is 5.62. The largest absolute Gasteiger partial charge is 0.366 e. The van der Waals surface area contributed by atoms with Crippen molar-refractivity contribution in [3.63, 3.8) is 0 Å². The van der Waals surface area contributed by atoms with Crippen LogP contribution in [0.2, 0.25) is 0 Å². The minimum absolute atomic E-state index is 0.661. The van der Waals surface area contributed by atoms with Gasteiger partial charge < -0.3 is 5.32 Å². The van der Waals surface area contributed by atoms with Gasteiger partial charge in [0, 0.05) is 24.3 Å². The quantitative estimate of drug-likeness (QED) is 0.918. The van der Waals surface area contributed by atoms with Crippen LogP contribution < -0.4 is 5.32 Å². The first-order chi connectivity index (χ1) is 10.5. The van der Waals surface area contributed by atoms with Gasteiger partial charge in [0.05, 0.1) is 17.0 Å². The Morgan fingerprint density at radius 1 is 1.23 bits per heavy atom. The highest BCUT2D eigenvalue weighted by Gasteiger charge is 2.12. The molecule has 0 aromatic carbocycles. The van der Waals surface area contributed by atoms with E-state index in [1.165, 1.54) is 11.3 Å². The number of hydrogen-bond acceptors (Lipinski definition) is 4. The molecule has 116 valence electrons. The molecule has 0 fully saturated rings. The van der Waals surface area contributed by atoms with E-state index < -0.39 is 0 Å². The molecule has 0 aliphatic heterocycles. The second-order valence-corrected chi connectivity index (χ2v) is 5.62. The lowest BCUT2D eigenvalue weighted by atomic mass is 10.1. The third kappa shape index (κ3) is 3.11. The standard InChI is InChI=1S/C17H23N5/c1-6-7-22-14(5)16(13(4)21-22)10-19-17-8-11(2)15(9-18)12(3)20-17/h8H,6-7,10H2,1-5H3,(H,19,20). The molecular formula is C17H23N5. The van der Waals surface area contributed by atoms with E-state index in [1.54, 1.807) is 0 Å². The molecule has 0 unspecified atom stereocenters. The van der Waals surface area contributed by atoms with Gasteiger partial charge in [0.25, 0.3) is 0 Å². The van der Waals surface area contributed by atoms with Crippen molar-refractivity contribution in [1.82, 2.24) is 14.8 Å². The Kier molecular flexibility index (Phi) is 4.81. The van der Waals surface area contributed by atoms with E-state index in [0.717, 1.165) is 35.7 Å². The summed E-state index contributed by atoms with van der Waals surface area (Å²) in [5.41, 5.74) is 5.85. The smallest absolute Gasteiger partial charge is 0.126 e. The number of nitrogens with zero attached hydrogens (tertiary/aromatic N) is 4. The fraction of sp³-hybridized carbons (Fsp3) is 0.471. The molecule has 1 N–H and O–H groups in total. The maximum Gasteiger partial charge on any atom is 0.126 e. The molecule has 5 nitrogen and oxygen atoms in total. The zero-order chi connectivity index (χ0) is 16.3. The number of aromatic nitrogens is 3. The molecule has 2 aromatic heterocycles. The van der Waals surface area contributed by atoms with Gasteiger partial charge in [-0.15, -0.1) is 0 Å². The molecule has 0 radical (unpaired) electrons. The minimum atomic E-state index is 0.661. The van der Waals surface area contributed by atoms with Crippen LogP contribution in [0.1, 0.15) is 47.1 Å². The predicted octanol–water partition coefficient (Wildman–Crippen LogP) is 3.41. The minimum Gasteiger partial charge on any atom is -0.366 e. The zero-order valence-corrected chi connectivity index (χ0v) is 14.0. The summed E-state index contributed by atoms with van der Waals surface area (Å²) >= 11 is 0. The number of anilines is 1. The molecule has 0 saturated carbocycles. The van der Waals surface area contributed by atoms with Crippen LogP contribution in [0.15, 0.2) is 6.07 Å². The van der Waals surface area contributed by atoms with Gasteiger partial charge in [-0.1, -0.05) is 6.92 Å². The molecule has 0 spiro atoms. The maximum atomic E-state index is 9.10. The Bertz CT molecular complexity index is 698. The number of rotatable bonds is 5. The summed E-state index contributed by atoms with van der Waals surface area (Å²) in [6.07, 6.45) is 1.07. The van der Waals surface area contributed by atoms with Crippen LogP contribution in [-0.2, 0) is 13.1 Å². The van der Waals surface area contributed by atoms with Crippen molar-refractivity contribution in [1.29, 1.82) is 5.26 Å². The lowest BCUT2D eigenvalue weighted by Crippen LogP contribution is -2.06. The number of hydrogen-bond donors (Lipinski definition) is 1. The van der Waals surface area contributed by atoms with Crippen LogP contribution in [0.4, 0.5) is 5.82 Å². The molecule has 0 atom stereocenters. The lowest BCUT2D eigenvalue weighted by molar-refractivity contribution is 0.582. The van der Waals surface area contributed by atoms with Crippen LogP contribution in [0.3, 0.4) is 0 Å². The van der Waals surface area contributed by atoms with Gasteiger partial charge in [0.2, 0.25) is 0 Å². The molecule has 2 aromatic rings. The summed E-state index contributed by atoms with van der Waals surface area (Å²) in [6.45, 7) is 11.7. The average Bonchev–Trinajstić information content (AvgIpc) is 2.72. The van der Waals surface area contributed by atoms with E-state index >= 15 is 0 Å². The van der Waals surface area contributed by atoms with E-state index in [9.17, 15) is 0 Å². The second kappa shape index (κ2) is 6.61. The summed E-state index contributed by atoms with van der Waals surface area (Å²) in [4.78, 5) is 4.46. The van der Waals surface area contributed by atoms with Crippen molar-refractivity contribution in [2.24, 2.45) is 0 Å². The Balaban J connectivity index is 2.19. The van der Waals surface area contributed by atoms with Gasteiger partial charge in [-0.3, -0.25) is 4.68 Å². The zero-order valence-electron chi connectivity index (χ0n) is 14.0. The van der Waals surface area contributed by atoms with Crippen molar-refractivity contribution >= 4 is 5.82 Å². The predicted molar refractivity (Wildman–Crippen MR) is 87.7 cm³/mol. The molecule has 0 bridgehead atoms. The summed E-state index contributed by atoms with van der Waals surface area (Å²) in [5, 5.41) is 17.0. The molecular weight excluding hydrogens is 274 g/mol. The van der Waals surface area contributed by atoms with Crippen molar-refractivity contribution in [3.05, 3.63) is 39.8 Å². The first-order valence-electron chi connectivity index (χ1n) is 7.63. The molecule has 22 heavy (non-hydrogen) atoms. The molecule has 2 heterocycles. The summed E-state index contributed by atoms with van der Waals surface area (Å²) in [5.74, 6) is 0.802. The fourth-order valence-electron chi connectivity index (χ4n) is 2.69. The Morgan fingerprint density at radius 3 is 2.55 bits per heavy atom.